The minimum atomic E-state index is -1.20. The maximum atomic E-state index is 11.8. The molecule has 98 valence electrons. The van der Waals surface area contributed by atoms with Crippen molar-refractivity contribution in [3.05, 3.63) is 29.3 Å². The molecule has 4 N–H and O–H groups in total. The molecule has 0 aliphatic carbocycles. The van der Waals surface area contributed by atoms with E-state index in [0.29, 0.717) is 5.56 Å². The number of aliphatic hydroxyl groups excluding tert-OH is 1. The van der Waals surface area contributed by atoms with Crippen LogP contribution >= 0.6 is 0 Å². The molecule has 0 aromatic heterocycles. The molecule has 6 nitrogen and oxygen atoms in total. The predicted molar refractivity (Wildman–Crippen MR) is 63.4 cm³/mol. The fourth-order valence-corrected chi connectivity index (χ4v) is 1.42. The van der Waals surface area contributed by atoms with E-state index in [1.807, 2.05) is 0 Å². The van der Waals surface area contributed by atoms with E-state index in [2.05, 4.69) is 5.32 Å². The molecule has 0 saturated heterocycles. The molecule has 0 fully saturated rings. The van der Waals surface area contributed by atoms with Gasteiger partial charge in [0, 0.05) is 18.6 Å². The highest BCUT2D eigenvalue weighted by Crippen LogP contribution is 2.16. The summed E-state index contributed by atoms with van der Waals surface area (Å²) in [6, 6.07) is 3.10. The molecule has 0 unspecified atom stereocenters. The molecule has 1 aromatic rings. The number of carboxylic acids is 1. The average Bonchev–Trinajstić information content (AvgIpc) is 2.31. The van der Waals surface area contributed by atoms with Crippen LogP contribution in [-0.4, -0.2) is 39.8 Å². The van der Waals surface area contributed by atoms with E-state index in [4.69, 9.17) is 10.2 Å². The molecule has 18 heavy (non-hydrogen) atoms. The van der Waals surface area contributed by atoms with Gasteiger partial charge >= 0.3 is 5.97 Å². The molecular weight excluding hydrogens is 238 g/mol. The lowest BCUT2D eigenvalue weighted by Crippen LogP contribution is -2.41. The smallest absolute Gasteiger partial charge is 0.326 e. The van der Waals surface area contributed by atoms with Crippen molar-refractivity contribution in [2.75, 3.05) is 6.61 Å². The lowest BCUT2D eigenvalue weighted by molar-refractivity contribution is -0.139. The van der Waals surface area contributed by atoms with Crippen LogP contribution in [0.15, 0.2) is 18.2 Å². The summed E-state index contributed by atoms with van der Waals surface area (Å²) in [4.78, 5) is 22.6. The molecule has 0 bridgehead atoms. The Hall–Kier alpha value is -2.08. The number of carbonyl (C=O) groups excluding carboxylic acids is 1. The van der Waals surface area contributed by atoms with Gasteiger partial charge in [0.1, 0.15) is 11.8 Å². The van der Waals surface area contributed by atoms with Crippen LogP contribution in [0, 0.1) is 6.92 Å². The number of benzene rings is 1. The number of carboxylic acid groups (broad SMARTS) is 1. The first-order valence-electron chi connectivity index (χ1n) is 5.40. The summed E-state index contributed by atoms with van der Waals surface area (Å²) >= 11 is 0. The number of rotatable bonds is 5. The number of carbonyl (C=O) groups is 2. The first-order chi connectivity index (χ1) is 8.45. The largest absolute Gasteiger partial charge is 0.508 e. The van der Waals surface area contributed by atoms with Crippen molar-refractivity contribution >= 4 is 11.9 Å². The molecule has 1 rings (SSSR count). The molecule has 1 atom stereocenters. The zero-order valence-electron chi connectivity index (χ0n) is 9.88. The SMILES string of the molecule is Cc1cc(C(=O)N[C@H](CCO)C(=O)O)ccc1O. The van der Waals surface area contributed by atoms with Crippen molar-refractivity contribution in [1.29, 1.82) is 0 Å². The van der Waals surface area contributed by atoms with Gasteiger partial charge in [-0.1, -0.05) is 0 Å². The summed E-state index contributed by atoms with van der Waals surface area (Å²) in [5.41, 5.74) is 0.783. The van der Waals surface area contributed by atoms with E-state index < -0.39 is 17.9 Å². The van der Waals surface area contributed by atoms with Gasteiger partial charge in [0.05, 0.1) is 0 Å². The summed E-state index contributed by atoms with van der Waals surface area (Å²) in [5, 5.41) is 29.2. The van der Waals surface area contributed by atoms with Crippen LogP contribution in [-0.2, 0) is 4.79 Å². The van der Waals surface area contributed by atoms with Crippen molar-refractivity contribution in [2.24, 2.45) is 0 Å². The molecule has 6 heteroatoms. The zero-order chi connectivity index (χ0) is 13.7. The standard InChI is InChI=1S/C12H15NO5/c1-7-6-8(2-3-10(7)15)11(16)13-9(4-5-14)12(17)18/h2-3,6,9,14-15H,4-5H2,1H3,(H,13,16)(H,17,18)/t9-/m1/s1. The minimum absolute atomic E-state index is 0.0574. The highest BCUT2D eigenvalue weighted by molar-refractivity contribution is 5.96. The summed E-state index contributed by atoms with van der Waals surface area (Å²) < 4.78 is 0. The number of hydrogen-bond acceptors (Lipinski definition) is 4. The van der Waals surface area contributed by atoms with Gasteiger partial charge in [-0.2, -0.15) is 0 Å². The molecule has 0 aliphatic heterocycles. The van der Waals surface area contributed by atoms with Crippen molar-refractivity contribution < 1.29 is 24.9 Å². The number of aliphatic hydroxyl groups is 1. The van der Waals surface area contributed by atoms with Gasteiger partial charge in [0.15, 0.2) is 0 Å². The Kier molecular flexibility index (Phi) is 4.67. The highest BCUT2D eigenvalue weighted by atomic mass is 16.4. The van der Waals surface area contributed by atoms with Crippen LogP contribution in [0.5, 0.6) is 5.75 Å². The Bertz CT molecular complexity index is 458. The van der Waals surface area contributed by atoms with E-state index in [-0.39, 0.29) is 24.3 Å². The van der Waals surface area contributed by atoms with Crippen LogP contribution in [0.3, 0.4) is 0 Å². The van der Waals surface area contributed by atoms with E-state index in [9.17, 15) is 14.7 Å². The summed E-state index contributed by atoms with van der Waals surface area (Å²) in [6.07, 6.45) is -0.0574. The van der Waals surface area contributed by atoms with Gasteiger partial charge < -0.3 is 20.6 Å². The van der Waals surface area contributed by atoms with Crippen LogP contribution in [0.25, 0.3) is 0 Å². The second-order valence-corrected chi connectivity index (χ2v) is 3.88. The summed E-state index contributed by atoms with van der Waals surface area (Å²) in [5.74, 6) is -1.69. The fourth-order valence-electron chi connectivity index (χ4n) is 1.42. The van der Waals surface area contributed by atoms with E-state index in [0.717, 1.165) is 0 Å². The Morgan fingerprint density at radius 2 is 2.06 bits per heavy atom. The maximum Gasteiger partial charge on any atom is 0.326 e. The molecular formula is C12H15NO5. The number of aliphatic carboxylic acids is 1. The van der Waals surface area contributed by atoms with Gasteiger partial charge in [-0.15, -0.1) is 0 Å². The number of phenols is 1. The summed E-state index contributed by atoms with van der Waals surface area (Å²) in [6.45, 7) is 1.31. The first kappa shape index (κ1) is 14.0. The second kappa shape index (κ2) is 6.02. The molecule has 0 heterocycles. The number of aryl methyl sites for hydroxylation is 1. The van der Waals surface area contributed by atoms with Gasteiger partial charge in [-0.05, 0) is 30.7 Å². The van der Waals surface area contributed by atoms with Crippen molar-refractivity contribution in [1.82, 2.24) is 5.32 Å². The Morgan fingerprint density at radius 1 is 1.39 bits per heavy atom. The van der Waals surface area contributed by atoms with E-state index >= 15 is 0 Å². The van der Waals surface area contributed by atoms with Gasteiger partial charge in [-0.25, -0.2) is 4.79 Å². The van der Waals surface area contributed by atoms with Crippen LogP contribution < -0.4 is 5.32 Å². The molecule has 0 spiro atoms. The Balaban J connectivity index is 2.80. The third-order valence-electron chi connectivity index (χ3n) is 2.48. The van der Waals surface area contributed by atoms with E-state index in [1.54, 1.807) is 6.92 Å². The first-order valence-corrected chi connectivity index (χ1v) is 5.40. The molecule has 1 amide bonds. The number of aromatic hydroxyl groups is 1. The van der Waals surface area contributed by atoms with Crippen LogP contribution in [0.4, 0.5) is 0 Å². The highest BCUT2D eigenvalue weighted by Gasteiger charge is 2.20. The average molecular weight is 253 g/mol. The number of hydrogen-bond donors (Lipinski definition) is 4. The number of nitrogens with one attached hydrogen (secondary N) is 1. The monoisotopic (exact) mass is 253 g/mol. The van der Waals surface area contributed by atoms with Crippen LogP contribution in [0.1, 0.15) is 22.3 Å². The molecule has 0 aliphatic rings. The lowest BCUT2D eigenvalue weighted by atomic mass is 10.1. The summed E-state index contributed by atoms with van der Waals surface area (Å²) in [7, 11) is 0. The quantitative estimate of drug-likeness (QED) is 0.602. The maximum absolute atomic E-state index is 11.8. The Labute approximate surface area is 104 Å². The van der Waals surface area contributed by atoms with Crippen molar-refractivity contribution in [3.63, 3.8) is 0 Å². The normalized spacial score (nSPS) is 11.9. The molecule has 1 aromatic carbocycles. The van der Waals surface area contributed by atoms with Gasteiger partial charge in [0.2, 0.25) is 0 Å². The van der Waals surface area contributed by atoms with Crippen LogP contribution in [0.2, 0.25) is 0 Å². The topological polar surface area (TPSA) is 107 Å². The third-order valence-corrected chi connectivity index (χ3v) is 2.48. The predicted octanol–water partition coefficient (Wildman–Crippen LogP) is 0.266. The second-order valence-electron chi connectivity index (χ2n) is 3.88. The van der Waals surface area contributed by atoms with Crippen molar-refractivity contribution in [2.45, 2.75) is 19.4 Å². The minimum Gasteiger partial charge on any atom is -0.508 e. The lowest BCUT2D eigenvalue weighted by Gasteiger charge is -2.13. The fraction of sp³-hybridized carbons (Fsp3) is 0.333. The number of amides is 1. The zero-order valence-corrected chi connectivity index (χ0v) is 9.88. The van der Waals surface area contributed by atoms with Gasteiger partial charge in [0.25, 0.3) is 5.91 Å². The van der Waals surface area contributed by atoms with Gasteiger partial charge in [-0.3, -0.25) is 4.79 Å². The Morgan fingerprint density at radius 3 is 2.56 bits per heavy atom. The number of phenolic OH excluding ortho intramolecular Hbond substituents is 1. The molecule has 0 saturated carbocycles. The van der Waals surface area contributed by atoms with Crippen molar-refractivity contribution in [3.8, 4) is 5.75 Å². The molecule has 0 radical (unpaired) electrons. The third kappa shape index (κ3) is 3.46. The van der Waals surface area contributed by atoms with E-state index in [1.165, 1.54) is 18.2 Å².